The van der Waals surface area contributed by atoms with Gasteiger partial charge in [0.05, 0.1) is 7.11 Å². The molecule has 14 heavy (non-hydrogen) atoms. The van der Waals surface area contributed by atoms with Crippen LogP contribution in [0.15, 0.2) is 18.5 Å². The smallest absolute Gasteiger partial charge is 0.339 e. The predicted octanol–water partition coefficient (Wildman–Crippen LogP) is 1.27. The summed E-state index contributed by atoms with van der Waals surface area (Å²) in [4.78, 5) is 17.6. The van der Waals surface area contributed by atoms with Crippen LogP contribution in [-0.4, -0.2) is 28.2 Å². The molecule has 0 saturated heterocycles. The number of rotatable bonds is 2. The van der Waals surface area contributed by atoms with E-state index in [-0.39, 0.29) is 5.56 Å². The Morgan fingerprint density at radius 3 is 3.07 bits per heavy atom. The first-order valence-corrected chi connectivity index (χ1v) is 3.97. The molecule has 0 radical (unpaired) electrons. The van der Waals surface area contributed by atoms with Gasteiger partial charge in [-0.1, -0.05) is 0 Å². The average molecular weight is 192 g/mol. The number of aromatic nitrogens is 2. The number of carboxylic acid groups (broad SMARTS) is 1. The van der Waals surface area contributed by atoms with Crippen LogP contribution in [0.25, 0.3) is 11.0 Å². The molecule has 0 saturated carbocycles. The van der Waals surface area contributed by atoms with Gasteiger partial charge in [-0.3, -0.25) is 4.98 Å². The summed E-state index contributed by atoms with van der Waals surface area (Å²) in [5, 5.41) is 8.83. The Hall–Kier alpha value is -2.04. The summed E-state index contributed by atoms with van der Waals surface area (Å²) in [6, 6.07) is 1.67. The van der Waals surface area contributed by atoms with Gasteiger partial charge in [0.2, 0.25) is 0 Å². The van der Waals surface area contributed by atoms with Crippen molar-refractivity contribution in [2.75, 3.05) is 7.11 Å². The Balaban J connectivity index is 2.75. The van der Waals surface area contributed by atoms with Crippen molar-refractivity contribution in [2.45, 2.75) is 0 Å². The van der Waals surface area contributed by atoms with Crippen molar-refractivity contribution in [1.29, 1.82) is 0 Å². The molecule has 0 aliphatic carbocycles. The lowest BCUT2D eigenvalue weighted by atomic mass is 10.2. The Labute approximate surface area is 79.3 Å². The van der Waals surface area contributed by atoms with Crippen molar-refractivity contribution in [1.82, 2.24) is 9.97 Å². The SMILES string of the molecule is COc1ccnc2c(C(=O)O)c[nH]c12. The molecule has 0 amide bonds. The maximum absolute atomic E-state index is 10.8. The Kier molecular flexibility index (Phi) is 1.85. The summed E-state index contributed by atoms with van der Waals surface area (Å²) in [5.41, 5.74) is 1.17. The van der Waals surface area contributed by atoms with Gasteiger partial charge in [-0.05, 0) is 0 Å². The molecular weight excluding hydrogens is 184 g/mol. The van der Waals surface area contributed by atoms with Gasteiger partial charge in [-0.15, -0.1) is 0 Å². The highest BCUT2D eigenvalue weighted by molar-refractivity contribution is 6.02. The zero-order valence-electron chi connectivity index (χ0n) is 7.44. The molecule has 0 bridgehead atoms. The third kappa shape index (κ3) is 1.10. The maximum atomic E-state index is 10.8. The van der Waals surface area contributed by atoms with Gasteiger partial charge in [0.25, 0.3) is 0 Å². The fourth-order valence-corrected chi connectivity index (χ4v) is 1.33. The molecule has 0 aromatic carbocycles. The lowest BCUT2D eigenvalue weighted by molar-refractivity contribution is 0.0699. The highest BCUT2D eigenvalue weighted by atomic mass is 16.5. The van der Waals surface area contributed by atoms with E-state index in [1.54, 1.807) is 6.07 Å². The fourth-order valence-electron chi connectivity index (χ4n) is 1.33. The summed E-state index contributed by atoms with van der Waals surface area (Å²) < 4.78 is 5.06. The Morgan fingerprint density at radius 1 is 1.64 bits per heavy atom. The molecule has 2 heterocycles. The van der Waals surface area contributed by atoms with Crippen molar-refractivity contribution in [2.24, 2.45) is 0 Å². The lowest BCUT2D eigenvalue weighted by Crippen LogP contribution is -1.95. The van der Waals surface area contributed by atoms with Crippen LogP contribution in [0.3, 0.4) is 0 Å². The number of fused-ring (bicyclic) bond motifs is 1. The summed E-state index contributed by atoms with van der Waals surface area (Å²) in [7, 11) is 1.52. The number of nitrogens with one attached hydrogen (secondary N) is 1. The van der Waals surface area contributed by atoms with Crippen LogP contribution in [0.1, 0.15) is 10.4 Å². The Bertz CT molecular complexity index is 490. The van der Waals surface area contributed by atoms with Crippen LogP contribution < -0.4 is 4.74 Å². The van der Waals surface area contributed by atoms with Gasteiger partial charge in [0.1, 0.15) is 22.3 Å². The van der Waals surface area contributed by atoms with Crippen molar-refractivity contribution in [3.63, 3.8) is 0 Å². The first-order chi connectivity index (χ1) is 6.74. The van der Waals surface area contributed by atoms with Crippen LogP contribution in [-0.2, 0) is 0 Å². The quantitative estimate of drug-likeness (QED) is 0.751. The van der Waals surface area contributed by atoms with Crippen LogP contribution in [0, 0.1) is 0 Å². The maximum Gasteiger partial charge on any atom is 0.339 e. The second-order valence-corrected chi connectivity index (χ2v) is 2.74. The minimum Gasteiger partial charge on any atom is -0.494 e. The number of carboxylic acids is 1. The van der Waals surface area contributed by atoms with Crippen LogP contribution in [0.4, 0.5) is 0 Å². The highest BCUT2D eigenvalue weighted by Crippen LogP contribution is 2.24. The number of H-pyrrole nitrogens is 1. The second-order valence-electron chi connectivity index (χ2n) is 2.74. The summed E-state index contributed by atoms with van der Waals surface area (Å²) in [5.74, 6) is -0.417. The molecular formula is C9H8N2O3. The number of methoxy groups -OCH3 is 1. The van der Waals surface area contributed by atoms with E-state index in [9.17, 15) is 4.79 Å². The van der Waals surface area contributed by atoms with Gasteiger partial charge in [-0.25, -0.2) is 4.79 Å². The first-order valence-electron chi connectivity index (χ1n) is 3.97. The molecule has 2 aromatic heterocycles. The largest absolute Gasteiger partial charge is 0.494 e. The van der Waals surface area contributed by atoms with E-state index >= 15 is 0 Å². The molecule has 0 aliphatic heterocycles. The zero-order chi connectivity index (χ0) is 10.1. The second kappa shape index (κ2) is 3.02. The molecule has 5 heteroatoms. The molecule has 2 N–H and O–H groups in total. The number of hydrogen-bond donors (Lipinski definition) is 2. The van der Waals surface area contributed by atoms with Crippen molar-refractivity contribution < 1.29 is 14.6 Å². The minimum atomic E-state index is -1.00. The van der Waals surface area contributed by atoms with Crippen LogP contribution in [0.5, 0.6) is 5.75 Å². The molecule has 0 fully saturated rings. The van der Waals surface area contributed by atoms with E-state index in [0.717, 1.165) is 0 Å². The van der Waals surface area contributed by atoms with Gasteiger partial charge in [0.15, 0.2) is 0 Å². The summed E-state index contributed by atoms with van der Waals surface area (Å²) in [6.07, 6.45) is 2.92. The van der Waals surface area contributed by atoms with E-state index in [4.69, 9.17) is 9.84 Å². The van der Waals surface area contributed by atoms with Crippen molar-refractivity contribution in [3.8, 4) is 5.75 Å². The summed E-state index contributed by atoms with van der Waals surface area (Å²) >= 11 is 0. The number of ether oxygens (including phenoxy) is 1. The predicted molar refractivity (Wildman–Crippen MR) is 49.6 cm³/mol. The number of hydrogen-bond acceptors (Lipinski definition) is 3. The first kappa shape index (κ1) is 8.55. The monoisotopic (exact) mass is 192 g/mol. The van der Waals surface area contributed by atoms with Crippen LogP contribution in [0.2, 0.25) is 0 Å². The minimum absolute atomic E-state index is 0.152. The molecule has 0 aliphatic rings. The van der Waals surface area contributed by atoms with E-state index < -0.39 is 5.97 Å². The lowest BCUT2D eigenvalue weighted by Gasteiger charge is -1.99. The van der Waals surface area contributed by atoms with Gasteiger partial charge < -0.3 is 14.8 Å². The van der Waals surface area contributed by atoms with Gasteiger partial charge in [-0.2, -0.15) is 0 Å². The van der Waals surface area contributed by atoms with Crippen molar-refractivity contribution in [3.05, 3.63) is 24.0 Å². The molecule has 2 aromatic rings. The number of aromatic carboxylic acids is 1. The normalized spacial score (nSPS) is 10.4. The van der Waals surface area contributed by atoms with Gasteiger partial charge >= 0.3 is 5.97 Å². The van der Waals surface area contributed by atoms with E-state index in [2.05, 4.69) is 9.97 Å². The van der Waals surface area contributed by atoms with E-state index in [1.807, 2.05) is 0 Å². The third-order valence-electron chi connectivity index (χ3n) is 1.98. The van der Waals surface area contributed by atoms with Crippen LogP contribution >= 0.6 is 0 Å². The average Bonchev–Trinajstić information content (AvgIpc) is 2.60. The van der Waals surface area contributed by atoms with E-state index in [1.165, 1.54) is 19.5 Å². The standard InChI is InChI=1S/C9H8N2O3/c1-14-6-2-3-10-7-5(9(12)13)4-11-8(6)7/h2-4,11H,1H3,(H,12,13). The number of nitrogens with zero attached hydrogens (tertiary/aromatic N) is 1. The number of pyridine rings is 1. The molecule has 5 nitrogen and oxygen atoms in total. The topological polar surface area (TPSA) is 75.2 Å². The third-order valence-corrected chi connectivity index (χ3v) is 1.98. The number of aromatic amines is 1. The van der Waals surface area contributed by atoms with Crippen molar-refractivity contribution >= 4 is 17.0 Å². The molecule has 0 atom stereocenters. The fraction of sp³-hybridized carbons (Fsp3) is 0.111. The molecule has 2 rings (SSSR count). The molecule has 72 valence electrons. The van der Waals surface area contributed by atoms with E-state index in [0.29, 0.717) is 16.8 Å². The molecule has 0 unspecified atom stereocenters. The zero-order valence-corrected chi connectivity index (χ0v) is 7.44. The summed E-state index contributed by atoms with van der Waals surface area (Å²) in [6.45, 7) is 0. The highest BCUT2D eigenvalue weighted by Gasteiger charge is 2.13. The Morgan fingerprint density at radius 2 is 2.43 bits per heavy atom. The molecule has 0 spiro atoms. The number of carbonyl (C=O) groups is 1. The van der Waals surface area contributed by atoms with Gasteiger partial charge in [0, 0.05) is 18.5 Å².